The molecule has 1 aliphatic heterocycles. The molecule has 3 aromatic rings. The van der Waals surface area contributed by atoms with Crippen molar-refractivity contribution in [2.75, 3.05) is 7.11 Å². The summed E-state index contributed by atoms with van der Waals surface area (Å²) >= 11 is 12.2. The Morgan fingerprint density at radius 3 is 2.36 bits per heavy atom. The van der Waals surface area contributed by atoms with Gasteiger partial charge in [-0.15, -0.1) is 0 Å². The van der Waals surface area contributed by atoms with Gasteiger partial charge in [0.15, 0.2) is 17.3 Å². The fraction of sp³-hybridized carbons (Fsp3) is 0.242. The van der Waals surface area contributed by atoms with E-state index in [0.29, 0.717) is 15.8 Å². The zero-order valence-electron chi connectivity index (χ0n) is 24.6. The van der Waals surface area contributed by atoms with Crippen LogP contribution in [0.15, 0.2) is 59.6 Å². The second-order valence-electron chi connectivity index (χ2n) is 10.8. The summed E-state index contributed by atoms with van der Waals surface area (Å²) in [6, 6.07) is 10.1. The minimum Gasteiger partial charge on any atom is -0.507 e. The molecular formula is C33H29Cl2NO8. The van der Waals surface area contributed by atoms with Crippen molar-refractivity contribution in [3.8, 4) is 23.0 Å². The van der Waals surface area contributed by atoms with Crippen molar-refractivity contribution in [3.63, 3.8) is 0 Å². The number of benzene rings is 3. The summed E-state index contributed by atoms with van der Waals surface area (Å²) in [5.74, 6) is -2.38. The number of rotatable bonds is 8. The van der Waals surface area contributed by atoms with Gasteiger partial charge in [0.2, 0.25) is 0 Å². The van der Waals surface area contributed by atoms with Crippen LogP contribution in [0.4, 0.5) is 0 Å². The zero-order valence-corrected chi connectivity index (χ0v) is 26.1. The average Bonchev–Trinajstić information content (AvgIpc) is 3.25. The van der Waals surface area contributed by atoms with E-state index in [1.54, 1.807) is 18.2 Å². The number of fused-ring (bicyclic) bond motifs is 3. The van der Waals surface area contributed by atoms with Gasteiger partial charge < -0.3 is 29.7 Å². The highest BCUT2D eigenvalue weighted by atomic mass is 35.5. The minimum atomic E-state index is -1.65. The molecule has 0 unspecified atom stereocenters. The van der Waals surface area contributed by atoms with Gasteiger partial charge in [-0.3, -0.25) is 14.4 Å². The Bertz CT molecular complexity index is 1800. The van der Waals surface area contributed by atoms with E-state index >= 15 is 0 Å². The number of carbonyl (C=O) groups excluding carboxylic acids is 3. The number of aliphatic hydroxyl groups is 1. The first-order chi connectivity index (χ1) is 20.8. The summed E-state index contributed by atoms with van der Waals surface area (Å²) < 4.78 is 17.3. The number of carbonyl (C=O) groups is 3. The molecule has 1 heterocycles. The van der Waals surface area contributed by atoms with Crippen LogP contribution in [0.2, 0.25) is 10.0 Å². The van der Waals surface area contributed by atoms with Crippen molar-refractivity contribution in [2.24, 2.45) is 0 Å². The number of halogens is 2. The summed E-state index contributed by atoms with van der Waals surface area (Å²) in [6.45, 7) is 6.80. The van der Waals surface area contributed by atoms with Crippen LogP contribution in [0.25, 0.3) is 0 Å². The average molecular weight is 639 g/mol. The number of methoxy groups -OCH3 is 1. The first-order valence-corrected chi connectivity index (χ1v) is 14.3. The molecule has 0 saturated heterocycles. The van der Waals surface area contributed by atoms with Gasteiger partial charge in [0.05, 0.1) is 12.7 Å². The van der Waals surface area contributed by atoms with Crippen molar-refractivity contribution < 1.29 is 38.8 Å². The van der Waals surface area contributed by atoms with E-state index in [9.17, 15) is 24.6 Å². The molecule has 5 rings (SSSR count). The molecule has 0 aromatic heterocycles. The molecule has 228 valence electrons. The predicted octanol–water partition coefficient (Wildman–Crippen LogP) is 6.35. The first kappa shape index (κ1) is 31.0. The lowest BCUT2D eigenvalue weighted by Crippen LogP contribution is -2.38. The van der Waals surface area contributed by atoms with Crippen LogP contribution in [-0.2, 0) is 28.2 Å². The minimum absolute atomic E-state index is 0.000559. The molecular weight excluding hydrogens is 609 g/mol. The number of aromatic hydroxyl groups is 1. The molecule has 0 saturated carbocycles. The quantitative estimate of drug-likeness (QED) is 0.243. The smallest absolute Gasteiger partial charge is 0.259 e. The monoisotopic (exact) mass is 637 g/mol. The fourth-order valence-corrected chi connectivity index (χ4v) is 6.06. The normalized spacial score (nSPS) is 17.0. The Balaban J connectivity index is 1.41. The van der Waals surface area contributed by atoms with Crippen LogP contribution in [0.1, 0.15) is 52.0 Å². The van der Waals surface area contributed by atoms with Gasteiger partial charge in [0.1, 0.15) is 51.9 Å². The molecule has 1 atom stereocenters. The van der Waals surface area contributed by atoms with Gasteiger partial charge in [0.25, 0.3) is 5.91 Å². The highest BCUT2D eigenvalue weighted by molar-refractivity contribution is 6.35. The third-order valence-electron chi connectivity index (χ3n) is 7.94. The van der Waals surface area contributed by atoms with Gasteiger partial charge in [-0.25, -0.2) is 0 Å². The fourth-order valence-electron chi connectivity index (χ4n) is 5.59. The summed E-state index contributed by atoms with van der Waals surface area (Å²) in [5, 5.41) is 25.3. The van der Waals surface area contributed by atoms with Gasteiger partial charge in [0, 0.05) is 34.3 Å². The van der Waals surface area contributed by atoms with Crippen LogP contribution in [0.5, 0.6) is 23.0 Å². The lowest BCUT2D eigenvalue weighted by atomic mass is 9.71. The number of hydrogen-bond donors (Lipinski definition) is 3. The van der Waals surface area contributed by atoms with Crippen molar-refractivity contribution in [2.45, 2.75) is 46.3 Å². The standard InChI is InChI=1S/C33H29Cl2NO8/c1-15-8-20(43-14-18-6-7-19(34)10-22(18)35)9-16(2)21(15)13-36-32(41)28-25(42-5)11-24(39)29-30(28)44-26-12-23(38)27(17(3)37)31(40)33(26,29)4/h6-12,38-39H,13-14H2,1-5H3,(H,36,41)/t33-/m1/s1. The van der Waals surface area contributed by atoms with E-state index in [4.69, 9.17) is 37.4 Å². The highest BCUT2D eigenvalue weighted by Crippen LogP contribution is 2.56. The Kier molecular flexibility index (Phi) is 8.13. The first-order valence-electron chi connectivity index (χ1n) is 13.6. The predicted molar refractivity (Wildman–Crippen MR) is 164 cm³/mol. The number of aliphatic hydroxyl groups excluding tert-OH is 1. The van der Waals surface area contributed by atoms with Gasteiger partial charge >= 0.3 is 0 Å². The summed E-state index contributed by atoms with van der Waals surface area (Å²) in [7, 11) is 1.33. The van der Waals surface area contributed by atoms with Crippen LogP contribution in [0.3, 0.4) is 0 Å². The van der Waals surface area contributed by atoms with Crippen LogP contribution >= 0.6 is 23.2 Å². The van der Waals surface area contributed by atoms with Crippen molar-refractivity contribution in [3.05, 3.63) is 103 Å². The Morgan fingerprint density at radius 1 is 1.07 bits per heavy atom. The lowest BCUT2D eigenvalue weighted by Gasteiger charge is -2.27. The number of aryl methyl sites for hydroxylation is 2. The molecule has 1 aliphatic carbocycles. The Morgan fingerprint density at radius 2 is 1.75 bits per heavy atom. The third kappa shape index (κ3) is 5.16. The molecule has 0 fully saturated rings. The number of ether oxygens (including phenoxy) is 3. The molecule has 0 bridgehead atoms. The molecule has 44 heavy (non-hydrogen) atoms. The number of allylic oxidation sites excluding steroid dienone is 3. The molecule has 2 aliphatic rings. The van der Waals surface area contributed by atoms with Gasteiger partial charge in [-0.2, -0.15) is 0 Å². The number of phenolic OH excluding ortho intramolecular Hbond substituents is 1. The van der Waals surface area contributed by atoms with Crippen molar-refractivity contribution >= 4 is 40.7 Å². The largest absolute Gasteiger partial charge is 0.507 e. The second kappa shape index (κ2) is 11.6. The maximum Gasteiger partial charge on any atom is 0.259 e. The van der Waals surface area contributed by atoms with Crippen molar-refractivity contribution in [1.82, 2.24) is 5.32 Å². The van der Waals surface area contributed by atoms with E-state index < -0.39 is 34.2 Å². The molecule has 0 spiro atoms. The number of amides is 1. The van der Waals surface area contributed by atoms with E-state index in [1.165, 1.54) is 20.1 Å². The number of ketones is 2. The maximum atomic E-state index is 13.7. The Labute approximate surface area is 263 Å². The summed E-state index contributed by atoms with van der Waals surface area (Å²) in [6.07, 6.45) is 1.16. The van der Waals surface area contributed by atoms with Crippen LogP contribution < -0.4 is 19.5 Å². The van der Waals surface area contributed by atoms with Crippen molar-refractivity contribution in [1.29, 1.82) is 0 Å². The highest BCUT2D eigenvalue weighted by Gasteiger charge is 2.55. The number of Topliss-reactive ketones (excluding diaryl/α,β-unsaturated/α-hetero) is 2. The molecule has 9 nitrogen and oxygen atoms in total. The van der Waals surface area contributed by atoms with E-state index in [0.717, 1.165) is 35.3 Å². The SMILES string of the molecule is COc1cc(O)c2c(c1C(=O)NCc1c(C)cc(OCc3ccc(Cl)cc3Cl)cc1C)OC1=CC(O)=C(C(C)=O)C(=O)[C@]12C. The molecule has 3 aromatic carbocycles. The number of phenols is 1. The summed E-state index contributed by atoms with van der Waals surface area (Å²) in [4.78, 5) is 39.3. The van der Waals surface area contributed by atoms with Crippen LogP contribution in [-0.4, -0.2) is 34.8 Å². The second-order valence-corrected chi connectivity index (χ2v) is 11.6. The van der Waals surface area contributed by atoms with Gasteiger partial charge in [-0.05, 0) is 68.7 Å². The van der Waals surface area contributed by atoms with Crippen LogP contribution in [0, 0.1) is 13.8 Å². The summed E-state index contributed by atoms with van der Waals surface area (Å²) in [5.41, 5.74) is 1.27. The topological polar surface area (TPSA) is 131 Å². The lowest BCUT2D eigenvalue weighted by molar-refractivity contribution is -0.123. The molecule has 0 radical (unpaired) electrons. The number of nitrogens with one attached hydrogen (secondary N) is 1. The van der Waals surface area contributed by atoms with E-state index in [-0.39, 0.29) is 47.3 Å². The zero-order chi connectivity index (χ0) is 32.1. The third-order valence-corrected chi connectivity index (χ3v) is 8.53. The molecule has 3 N–H and O–H groups in total. The Hall–Kier alpha value is -4.47. The van der Waals surface area contributed by atoms with E-state index in [2.05, 4.69) is 5.32 Å². The number of hydrogen-bond acceptors (Lipinski definition) is 8. The van der Waals surface area contributed by atoms with E-state index in [1.807, 2.05) is 26.0 Å². The molecule has 11 heteroatoms. The van der Waals surface area contributed by atoms with Gasteiger partial charge in [-0.1, -0.05) is 29.3 Å². The molecule has 1 amide bonds. The maximum absolute atomic E-state index is 13.7.